The summed E-state index contributed by atoms with van der Waals surface area (Å²) in [5.74, 6) is -1.45. The minimum absolute atomic E-state index is 0.0236. The normalized spacial score (nSPS) is 21.1. The highest BCUT2D eigenvalue weighted by Crippen LogP contribution is 2.22. The molecule has 7 heteroatoms. The zero-order valence-corrected chi connectivity index (χ0v) is 13.2. The molecule has 0 spiro atoms. The summed E-state index contributed by atoms with van der Waals surface area (Å²) in [4.78, 5) is 34.7. The number of aryl methyl sites for hydroxylation is 2. The molecule has 3 N–H and O–H groups in total. The number of carbonyl (C=O) groups excluding carboxylic acids is 2. The van der Waals surface area contributed by atoms with Crippen molar-refractivity contribution in [2.45, 2.75) is 31.6 Å². The molecule has 118 valence electrons. The van der Waals surface area contributed by atoms with Gasteiger partial charge in [-0.25, -0.2) is 4.79 Å². The molecule has 0 unspecified atom stereocenters. The summed E-state index contributed by atoms with van der Waals surface area (Å²) in [6.45, 7) is 3.89. The second-order valence-electron chi connectivity index (χ2n) is 5.35. The highest BCUT2D eigenvalue weighted by atomic mass is 32.2. The number of aliphatic carboxylic acids is 1. The van der Waals surface area contributed by atoms with Gasteiger partial charge < -0.3 is 15.7 Å². The Balaban J connectivity index is 1.92. The number of hydrogen-bond acceptors (Lipinski definition) is 4. The summed E-state index contributed by atoms with van der Waals surface area (Å²) < 4.78 is 0. The smallest absolute Gasteiger partial charge is 0.327 e. The minimum atomic E-state index is -1.06. The maximum Gasteiger partial charge on any atom is 0.327 e. The van der Waals surface area contributed by atoms with Crippen LogP contribution in [0.3, 0.4) is 0 Å². The zero-order chi connectivity index (χ0) is 16.3. The molecule has 0 aliphatic carbocycles. The minimum Gasteiger partial charge on any atom is -0.480 e. The van der Waals surface area contributed by atoms with Crippen LogP contribution in [0.5, 0.6) is 0 Å². The fraction of sp³-hybridized carbons (Fsp3) is 0.400. The standard InChI is InChI=1S/C15H18N2O4S/c1-8-3-9(2)5-10(4-8)16-13(18)6-12-14(19)17-11(7-22-12)15(20)21/h3-5,11-12H,6-7H2,1-2H3,(H,16,18)(H,17,19)(H,20,21)/t11-,12+/m1/s1. The Morgan fingerprint density at radius 1 is 1.32 bits per heavy atom. The van der Waals surface area contributed by atoms with Crippen molar-refractivity contribution < 1.29 is 19.5 Å². The molecule has 2 amide bonds. The summed E-state index contributed by atoms with van der Waals surface area (Å²) in [6, 6.07) is 4.85. The van der Waals surface area contributed by atoms with Crippen LogP contribution >= 0.6 is 11.8 Å². The Morgan fingerprint density at radius 2 is 1.95 bits per heavy atom. The second kappa shape index (κ2) is 6.83. The summed E-state index contributed by atoms with van der Waals surface area (Å²) in [6.07, 6.45) is 0.0236. The number of thioether (sulfide) groups is 1. The van der Waals surface area contributed by atoms with Gasteiger partial charge in [-0.2, -0.15) is 0 Å². The molecule has 6 nitrogen and oxygen atoms in total. The average Bonchev–Trinajstić information content (AvgIpc) is 2.39. The quantitative estimate of drug-likeness (QED) is 0.777. The van der Waals surface area contributed by atoms with Crippen molar-refractivity contribution in [1.29, 1.82) is 0 Å². The van der Waals surface area contributed by atoms with E-state index in [1.54, 1.807) is 0 Å². The summed E-state index contributed by atoms with van der Waals surface area (Å²) >= 11 is 1.20. The second-order valence-corrected chi connectivity index (χ2v) is 6.59. The number of rotatable bonds is 4. The monoisotopic (exact) mass is 322 g/mol. The summed E-state index contributed by atoms with van der Waals surface area (Å²) in [5, 5.41) is 13.5. The molecule has 2 atom stereocenters. The van der Waals surface area contributed by atoms with Crippen LogP contribution in [0, 0.1) is 13.8 Å². The Bertz CT molecular complexity index is 597. The van der Waals surface area contributed by atoms with E-state index in [1.807, 2.05) is 32.0 Å². The van der Waals surface area contributed by atoms with Gasteiger partial charge in [-0.05, 0) is 37.1 Å². The van der Waals surface area contributed by atoms with Gasteiger partial charge in [0.1, 0.15) is 6.04 Å². The van der Waals surface area contributed by atoms with Crippen molar-refractivity contribution in [2.24, 2.45) is 0 Å². The third-order valence-electron chi connectivity index (χ3n) is 3.25. The third kappa shape index (κ3) is 4.24. The highest BCUT2D eigenvalue weighted by molar-refractivity contribution is 8.00. The Morgan fingerprint density at radius 3 is 2.50 bits per heavy atom. The maximum absolute atomic E-state index is 12.0. The predicted octanol–water partition coefficient (Wildman–Crippen LogP) is 1.32. The van der Waals surface area contributed by atoms with Gasteiger partial charge in [-0.1, -0.05) is 6.07 Å². The molecule has 0 saturated carbocycles. The predicted molar refractivity (Wildman–Crippen MR) is 85.0 cm³/mol. The van der Waals surface area contributed by atoms with E-state index in [4.69, 9.17) is 5.11 Å². The first-order chi connectivity index (χ1) is 10.3. The van der Waals surface area contributed by atoms with Crippen LogP contribution in [0.2, 0.25) is 0 Å². The van der Waals surface area contributed by atoms with Crippen LogP contribution in [0.25, 0.3) is 0 Å². The molecular formula is C15H18N2O4S. The Kier molecular flexibility index (Phi) is 5.07. The number of benzene rings is 1. The van der Waals surface area contributed by atoms with Gasteiger partial charge in [0.25, 0.3) is 0 Å². The lowest BCUT2D eigenvalue weighted by molar-refractivity contribution is -0.141. The molecule has 1 heterocycles. The molecule has 0 aromatic heterocycles. The first-order valence-corrected chi connectivity index (χ1v) is 7.93. The molecule has 1 saturated heterocycles. The van der Waals surface area contributed by atoms with E-state index in [1.165, 1.54) is 11.8 Å². The number of amides is 2. The zero-order valence-electron chi connectivity index (χ0n) is 12.4. The molecule has 1 aromatic carbocycles. The SMILES string of the molecule is Cc1cc(C)cc(NC(=O)C[C@@H]2SC[C@H](C(=O)O)NC2=O)c1. The fourth-order valence-corrected chi connectivity index (χ4v) is 3.45. The third-order valence-corrected chi connectivity index (χ3v) is 4.56. The molecule has 22 heavy (non-hydrogen) atoms. The van der Waals surface area contributed by atoms with E-state index >= 15 is 0 Å². The van der Waals surface area contributed by atoms with E-state index < -0.39 is 23.2 Å². The van der Waals surface area contributed by atoms with Crippen molar-refractivity contribution in [3.8, 4) is 0 Å². The van der Waals surface area contributed by atoms with Crippen molar-refractivity contribution in [2.75, 3.05) is 11.1 Å². The number of anilines is 1. The largest absolute Gasteiger partial charge is 0.480 e. The number of carboxylic acid groups (broad SMARTS) is 1. The van der Waals surface area contributed by atoms with E-state index in [0.29, 0.717) is 5.69 Å². The van der Waals surface area contributed by atoms with Gasteiger partial charge in [0.2, 0.25) is 11.8 Å². The molecule has 0 bridgehead atoms. The van der Waals surface area contributed by atoms with Crippen molar-refractivity contribution in [1.82, 2.24) is 5.32 Å². The summed E-state index contributed by atoms with van der Waals surface area (Å²) in [5.41, 5.74) is 2.79. The molecule has 1 aromatic rings. The van der Waals surface area contributed by atoms with Crippen molar-refractivity contribution >= 4 is 35.2 Å². The molecular weight excluding hydrogens is 304 g/mol. The van der Waals surface area contributed by atoms with Gasteiger partial charge in [0, 0.05) is 17.9 Å². The molecule has 1 aliphatic heterocycles. The first-order valence-electron chi connectivity index (χ1n) is 6.88. The van der Waals surface area contributed by atoms with Crippen LogP contribution < -0.4 is 10.6 Å². The van der Waals surface area contributed by atoms with Gasteiger partial charge in [-0.3, -0.25) is 9.59 Å². The number of carbonyl (C=O) groups is 3. The van der Waals surface area contributed by atoms with E-state index in [0.717, 1.165) is 11.1 Å². The highest BCUT2D eigenvalue weighted by Gasteiger charge is 2.33. The van der Waals surface area contributed by atoms with Crippen LogP contribution in [-0.4, -0.2) is 39.9 Å². The molecule has 1 aliphatic rings. The van der Waals surface area contributed by atoms with Gasteiger partial charge in [0.15, 0.2) is 0 Å². The van der Waals surface area contributed by atoms with Crippen LogP contribution in [0.15, 0.2) is 18.2 Å². The van der Waals surface area contributed by atoms with Gasteiger partial charge >= 0.3 is 5.97 Å². The van der Waals surface area contributed by atoms with Crippen LogP contribution in [0.4, 0.5) is 5.69 Å². The van der Waals surface area contributed by atoms with Crippen LogP contribution in [0.1, 0.15) is 17.5 Å². The van der Waals surface area contributed by atoms with E-state index in [9.17, 15) is 14.4 Å². The number of carboxylic acids is 1. The van der Waals surface area contributed by atoms with Crippen molar-refractivity contribution in [3.63, 3.8) is 0 Å². The van der Waals surface area contributed by atoms with Crippen molar-refractivity contribution in [3.05, 3.63) is 29.3 Å². The van der Waals surface area contributed by atoms with Gasteiger partial charge in [0.05, 0.1) is 5.25 Å². The Labute approximate surface area is 132 Å². The first kappa shape index (κ1) is 16.4. The maximum atomic E-state index is 12.0. The number of nitrogens with one attached hydrogen (secondary N) is 2. The number of hydrogen-bond donors (Lipinski definition) is 3. The molecule has 1 fully saturated rings. The van der Waals surface area contributed by atoms with Gasteiger partial charge in [-0.15, -0.1) is 11.8 Å². The fourth-order valence-electron chi connectivity index (χ4n) is 2.31. The lowest BCUT2D eigenvalue weighted by atomic mass is 10.1. The summed E-state index contributed by atoms with van der Waals surface area (Å²) in [7, 11) is 0. The topological polar surface area (TPSA) is 95.5 Å². The molecule has 2 rings (SSSR count). The molecule has 0 radical (unpaired) electrons. The Hall–Kier alpha value is -2.02. The van der Waals surface area contributed by atoms with E-state index in [2.05, 4.69) is 10.6 Å². The lowest BCUT2D eigenvalue weighted by Crippen LogP contribution is -2.51. The average molecular weight is 322 g/mol. The lowest BCUT2D eigenvalue weighted by Gasteiger charge is -2.25. The van der Waals surface area contributed by atoms with E-state index in [-0.39, 0.29) is 18.1 Å². The van der Waals surface area contributed by atoms with Crippen LogP contribution in [-0.2, 0) is 14.4 Å².